The fourth-order valence-electron chi connectivity index (χ4n) is 5.19. The number of nitrogens with one attached hydrogen (secondary N) is 3. The SMILES string of the molecule is Cc1ccc(-n2nc(C(C)(C)C)cc2NC(=O)Nc2ccc(Oc3ccnc(Nc4ccc5onc(N)c5c4)n3)c3ccccc23)cc1. The number of nitrogens with zero attached hydrogens (tertiary/aromatic N) is 5. The number of amides is 2. The Morgan fingerprint density at radius 3 is 2.48 bits per heavy atom. The molecule has 0 saturated heterocycles. The lowest BCUT2D eigenvalue weighted by molar-refractivity contribution is 0.262. The van der Waals surface area contributed by atoms with Crippen LogP contribution in [-0.2, 0) is 5.41 Å². The number of nitrogens with two attached hydrogens (primary N) is 1. The maximum atomic E-state index is 13.4. The van der Waals surface area contributed by atoms with Crippen molar-refractivity contribution in [3.05, 3.63) is 108 Å². The smallest absolute Gasteiger partial charge is 0.324 e. The number of rotatable bonds is 7. The molecule has 3 aromatic heterocycles. The molecule has 12 nitrogen and oxygen atoms in total. The Morgan fingerprint density at radius 1 is 0.896 bits per heavy atom. The predicted octanol–water partition coefficient (Wildman–Crippen LogP) is 8.32. The zero-order valence-electron chi connectivity index (χ0n) is 26.8. The van der Waals surface area contributed by atoms with Gasteiger partial charge in [0.15, 0.2) is 11.4 Å². The normalized spacial score (nSPS) is 11.5. The molecule has 0 bridgehead atoms. The third-order valence-electron chi connectivity index (χ3n) is 7.73. The van der Waals surface area contributed by atoms with Crippen LogP contribution in [0, 0.1) is 6.92 Å². The molecule has 0 radical (unpaired) electrons. The van der Waals surface area contributed by atoms with Gasteiger partial charge in [0, 0.05) is 40.2 Å². The summed E-state index contributed by atoms with van der Waals surface area (Å²) in [6.07, 6.45) is 1.60. The summed E-state index contributed by atoms with van der Waals surface area (Å²) in [4.78, 5) is 22.3. The van der Waals surface area contributed by atoms with Gasteiger partial charge in [0.2, 0.25) is 11.8 Å². The second kappa shape index (κ2) is 12.1. The molecule has 0 aliphatic carbocycles. The van der Waals surface area contributed by atoms with E-state index in [1.165, 1.54) is 0 Å². The summed E-state index contributed by atoms with van der Waals surface area (Å²) in [6.45, 7) is 8.29. The lowest BCUT2D eigenvalue weighted by Gasteiger charge is -2.14. The Bertz CT molecular complexity index is 2290. The number of anilines is 5. The van der Waals surface area contributed by atoms with Crippen molar-refractivity contribution in [3.8, 4) is 17.3 Å². The van der Waals surface area contributed by atoms with E-state index in [0.717, 1.165) is 27.7 Å². The minimum absolute atomic E-state index is 0.212. The van der Waals surface area contributed by atoms with Crippen molar-refractivity contribution in [2.45, 2.75) is 33.1 Å². The van der Waals surface area contributed by atoms with Crippen molar-refractivity contribution in [1.29, 1.82) is 0 Å². The molecule has 0 atom stereocenters. The molecule has 0 aliphatic rings. The first-order chi connectivity index (χ1) is 23.1. The molecule has 12 heteroatoms. The van der Waals surface area contributed by atoms with E-state index in [2.05, 4.69) is 51.8 Å². The van der Waals surface area contributed by atoms with Crippen LogP contribution in [0.15, 0.2) is 102 Å². The fourth-order valence-corrected chi connectivity index (χ4v) is 5.19. The Labute approximate surface area is 275 Å². The Morgan fingerprint density at radius 2 is 1.69 bits per heavy atom. The summed E-state index contributed by atoms with van der Waals surface area (Å²) in [7, 11) is 0. The van der Waals surface area contributed by atoms with Crippen LogP contribution in [0.2, 0.25) is 0 Å². The number of hydrogen-bond donors (Lipinski definition) is 4. The number of aryl methyl sites for hydroxylation is 1. The van der Waals surface area contributed by atoms with Gasteiger partial charge >= 0.3 is 6.03 Å². The highest BCUT2D eigenvalue weighted by atomic mass is 16.5. The van der Waals surface area contributed by atoms with Crippen LogP contribution >= 0.6 is 0 Å². The summed E-state index contributed by atoms with van der Waals surface area (Å²) >= 11 is 0. The topological polar surface area (TPSA) is 158 Å². The molecule has 7 rings (SSSR count). The molecule has 240 valence electrons. The number of fused-ring (bicyclic) bond motifs is 2. The molecular weight excluding hydrogens is 606 g/mol. The van der Waals surface area contributed by atoms with E-state index in [4.69, 9.17) is 20.1 Å². The molecule has 2 amide bonds. The van der Waals surface area contributed by atoms with E-state index in [1.807, 2.05) is 73.7 Å². The van der Waals surface area contributed by atoms with Crippen molar-refractivity contribution >= 4 is 56.7 Å². The molecule has 0 unspecified atom stereocenters. The highest BCUT2D eigenvalue weighted by Crippen LogP contribution is 2.35. The number of carbonyl (C=O) groups excluding carboxylic acids is 1. The first-order valence-corrected chi connectivity index (χ1v) is 15.3. The summed E-state index contributed by atoms with van der Waals surface area (Å²) in [5.41, 5.74) is 10.4. The molecule has 7 aromatic rings. The van der Waals surface area contributed by atoms with E-state index in [1.54, 1.807) is 35.1 Å². The van der Waals surface area contributed by atoms with Crippen molar-refractivity contribution in [1.82, 2.24) is 24.9 Å². The molecule has 4 aromatic carbocycles. The van der Waals surface area contributed by atoms with Gasteiger partial charge in [-0.05, 0) is 49.4 Å². The molecule has 0 spiro atoms. The number of hydrogen-bond acceptors (Lipinski definition) is 9. The monoisotopic (exact) mass is 639 g/mol. The first kappa shape index (κ1) is 30.2. The lowest BCUT2D eigenvalue weighted by atomic mass is 9.92. The van der Waals surface area contributed by atoms with Crippen molar-refractivity contribution in [2.75, 3.05) is 21.7 Å². The highest BCUT2D eigenvalue weighted by molar-refractivity contribution is 6.07. The Hall–Kier alpha value is -6.43. The molecular formula is C36H33N9O3. The zero-order chi connectivity index (χ0) is 33.4. The lowest BCUT2D eigenvalue weighted by Crippen LogP contribution is -2.21. The second-order valence-electron chi connectivity index (χ2n) is 12.4. The maximum absolute atomic E-state index is 13.4. The van der Waals surface area contributed by atoms with Crippen LogP contribution in [0.5, 0.6) is 11.6 Å². The summed E-state index contributed by atoms with van der Waals surface area (Å²) in [5, 5.41) is 20.0. The molecule has 3 heterocycles. The van der Waals surface area contributed by atoms with Gasteiger partial charge in [-0.2, -0.15) is 10.1 Å². The minimum atomic E-state index is -0.403. The molecule has 48 heavy (non-hydrogen) atoms. The average Bonchev–Trinajstić information content (AvgIpc) is 3.66. The van der Waals surface area contributed by atoms with E-state index < -0.39 is 6.03 Å². The predicted molar refractivity (Wildman–Crippen MR) is 187 cm³/mol. The number of nitrogen functional groups attached to an aromatic ring is 1. The number of benzene rings is 4. The van der Waals surface area contributed by atoms with Gasteiger partial charge in [0.25, 0.3) is 0 Å². The van der Waals surface area contributed by atoms with Gasteiger partial charge in [-0.15, -0.1) is 0 Å². The van der Waals surface area contributed by atoms with Crippen LogP contribution in [0.4, 0.5) is 33.8 Å². The van der Waals surface area contributed by atoms with Crippen LogP contribution in [0.1, 0.15) is 32.0 Å². The molecule has 0 fully saturated rings. The molecule has 5 N–H and O–H groups in total. The Balaban J connectivity index is 1.11. The first-order valence-electron chi connectivity index (χ1n) is 15.3. The maximum Gasteiger partial charge on any atom is 0.324 e. The third-order valence-corrected chi connectivity index (χ3v) is 7.73. The van der Waals surface area contributed by atoms with Gasteiger partial charge in [-0.25, -0.2) is 14.5 Å². The van der Waals surface area contributed by atoms with E-state index in [-0.39, 0.29) is 5.41 Å². The number of urea groups is 1. The number of ether oxygens (including phenoxy) is 1. The average molecular weight is 640 g/mol. The second-order valence-corrected chi connectivity index (χ2v) is 12.4. The van der Waals surface area contributed by atoms with Gasteiger partial charge in [-0.1, -0.05) is 67.9 Å². The van der Waals surface area contributed by atoms with Crippen LogP contribution in [0.25, 0.3) is 27.4 Å². The van der Waals surface area contributed by atoms with E-state index in [9.17, 15) is 4.79 Å². The summed E-state index contributed by atoms with van der Waals surface area (Å²) < 4.78 is 13.2. The quantitative estimate of drug-likeness (QED) is 0.135. The van der Waals surface area contributed by atoms with Crippen molar-refractivity contribution in [2.24, 2.45) is 0 Å². The van der Waals surface area contributed by atoms with Gasteiger partial charge in [0.05, 0.1) is 22.5 Å². The van der Waals surface area contributed by atoms with E-state index in [0.29, 0.717) is 51.6 Å². The van der Waals surface area contributed by atoms with Crippen molar-refractivity contribution < 1.29 is 14.1 Å². The standard InChI is InChI=1S/C36H33N9O3/c1-21-9-12-23(13-10-21)45-31(20-30(43-45)36(2,3)4)41-35(46)40-27-14-16-28(25-8-6-5-7-24(25)27)47-32-17-18-38-34(42-32)39-22-11-15-29-26(19-22)33(37)44-48-29/h5-20H,1-4H3,(H2,37,44)(H,38,39,42)(H2,40,41,46). The van der Waals surface area contributed by atoms with Crippen molar-refractivity contribution in [3.63, 3.8) is 0 Å². The highest BCUT2D eigenvalue weighted by Gasteiger charge is 2.22. The van der Waals surface area contributed by atoms with Gasteiger partial charge < -0.3 is 25.6 Å². The largest absolute Gasteiger partial charge is 0.438 e. The van der Waals surface area contributed by atoms with Crippen LogP contribution in [-0.4, -0.2) is 30.9 Å². The fraction of sp³-hybridized carbons (Fsp3) is 0.139. The van der Waals surface area contributed by atoms with Gasteiger partial charge in [0.1, 0.15) is 11.6 Å². The van der Waals surface area contributed by atoms with E-state index >= 15 is 0 Å². The number of carbonyl (C=O) groups is 1. The summed E-state index contributed by atoms with van der Waals surface area (Å²) in [6, 6.07) is 27.8. The van der Waals surface area contributed by atoms with Crippen LogP contribution in [0.3, 0.4) is 0 Å². The zero-order valence-corrected chi connectivity index (χ0v) is 26.8. The van der Waals surface area contributed by atoms with Gasteiger partial charge in [-0.3, -0.25) is 5.32 Å². The molecule has 0 aliphatic heterocycles. The summed E-state index contributed by atoms with van der Waals surface area (Å²) in [5.74, 6) is 2.09. The Kier molecular flexibility index (Phi) is 7.60. The third kappa shape index (κ3) is 6.18. The van der Waals surface area contributed by atoms with Crippen LogP contribution < -0.4 is 26.4 Å². The molecule has 0 saturated carbocycles. The minimum Gasteiger partial charge on any atom is -0.438 e. The number of aromatic nitrogens is 5.